The van der Waals surface area contributed by atoms with Gasteiger partial charge in [-0.1, -0.05) is 48.5 Å². The van der Waals surface area contributed by atoms with Gasteiger partial charge in [0.05, 0.1) is 21.7 Å². The molecule has 1 aliphatic heterocycles. The predicted octanol–water partition coefficient (Wildman–Crippen LogP) is 13.5. The largest absolute Gasteiger partial charge is 0.508 e. The zero-order valence-corrected chi connectivity index (χ0v) is 40.7. The lowest BCUT2D eigenvalue weighted by Crippen LogP contribution is -2.35. The normalized spacial score (nSPS) is 21.2. The van der Waals surface area contributed by atoms with Crippen molar-refractivity contribution in [3.8, 4) is 23.0 Å². The minimum absolute atomic E-state index is 0.160. The third kappa shape index (κ3) is 8.07. The second-order valence-corrected chi connectivity index (χ2v) is 19.6. The molecule has 4 aromatic heterocycles. The summed E-state index contributed by atoms with van der Waals surface area (Å²) in [5.74, 6) is 2.33. The standard InChI is InChI=1S/C56H56Cl4N4O4/c57-33-1-29-53(37-5-13-41(65)14-6-37)45-21-23-47(61-45)54(30-2-34-58,38-7-15-42(66)16-8-38)49-25-27-51(63-49)56(32-4-36-60,40-11-19-44(68)20-12-40)52-28-26-50(64-52)55(31-3-35-59,48-24-22-46(53)62-48)39-9-17-43(67)18-10-39/h5-28,61-68H,1-4,29-36H2. The highest BCUT2D eigenvalue weighted by molar-refractivity contribution is 6.18. The van der Waals surface area contributed by atoms with Crippen LogP contribution >= 0.6 is 46.4 Å². The number of alkyl halides is 4. The van der Waals surface area contributed by atoms with Gasteiger partial charge in [0.2, 0.25) is 0 Å². The van der Waals surface area contributed by atoms with E-state index in [2.05, 4.69) is 68.5 Å². The number of H-pyrrole nitrogens is 4. The summed E-state index contributed by atoms with van der Waals surface area (Å²) in [4.78, 5) is 16.2. The Morgan fingerprint density at radius 1 is 0.265 bits per heavy atom. The van der Waals surface area contributed by atoms with Crippen LogP contribution in [0.3, 0.4) is 0 Å². The summed E-state index contributed by atoms with van der Waals surface area (Å²) in [6, 6.07) is 47.2. The molecule has 8 nitrogen and oxygen atoms in total. The lowest BCUT2D eigenvalue weighted by Gasteiger charge is -2.38. The van der Waals surface area contributed by atoms with Crippen LogP contribution in [0.1, 0.15) is 119 Å². The van der Waals surface area contributed by atoms with Crippen LogP contribution in [0.4, 0.5) is 0 Å². The molecule has 8 aromatic rings. The second kappa shape index (κ2) is 19.8. The number of aromatic amines is 4. The van der Waals surface area contributed by atoms with Crippen molar-refractivity contribution in [1.82, 2.24) is 19.9 Å². The van der Waals surface area contributed by atoms with E-state index >= 15 is 0 Å². The Morgan fingerprint density at radius 3 is 0.574 bits per heavy atom. The molecule has 8 bridgehead atoms. The highest BCUT2D eigenvalue weighted by Gasteiger charge is 2.48. The zero-order valence-electron chi connectivity index (χ0n) is 37.6. The van der Waals surface area contributed by atoms with Crippen molar-refractivity contribution in [3.63, 3.8) is 0 Å². The third-order valence-corrected chi connectivity index (χ3v) is 15.7. The van der Waals surface area contributed by atoms with Gasteiger partial charge < -0.3 is 40.4 Å². The summed E-state index contributed by atoms with van der Waals surface area (Å²) < 4.78 is 0. The van der Waals surface area contributed by atoms with E-state index in [9.17, 15) is 20.4 Å². The molecular formula is C56H56Cl4N4O4. The quantitative estimate of drug-likeness (QED) is 0.0456. The van der Waals surface area contributed by atoms with Crippen LogP contribution in [0.15, 0.2) is 146 Å². The smallest absolute Gasteiger partial charge is 0.115 e. The van der Waals surface area contributed by atoms with Crippen molar-refractivity contribution in [2.75, 3.05) is 23.5 Å². The third-order valence-electron chi connectivity index (χ3n) is 14.6. The fourth-order valence-electron chi connectivity index (χ4n) is 11.4. The van der Waals surface area contributed by atoms with Gasteiger partial charge in [-0.15, -0.1) is 46.4 Å². The summed E-state index contributed by atoms with van der Waals surface area (Å²) in [5, 5.41) is 42.8. The topological polar surface area (TPSA) is 144 Å². The SMILES string of the molecule is Oc1ccc(C2(CCCCl)c3ccc([nH]3)C(CCCCl)(c3ccc(O)cc3)c3ccc([nH]3)C(CCCCl)(c3ccc(O)cc3)c3ccc([nH]3)C(CCCCl)(c3ccc(O)cc3)c3ccc2[nH]3)cc1. The summed E-state index contributed by atoms with van der Waals surface area (Å²) >= 11 is 26.6. The molecule has 5 heterocycles. The molecule has 4 aromatic carbocycles. The Balaban J connectivity index is 1.45. The van der Waals surface area contributed by atoms with E-state index in [4.69, 9.17) is 46.4 Å². The average molecular weight is 991 g/mol. The number of hydrogen-bond acceptors (Lipinski definition) is 4. The Kier molecular flexibility index (Phi) is 13.8. The van der Waals surface area contributed by atoms with Crippen LogP contribution < -0.4 is 0 Å². The van der Waals surface area contributed by atoms with Gasteiger partial charge in [0, 0.05) is 69.1 Å². The number of phenolic OH excluding ortho intramolecular Hbond substituents is 4. The Hall–Kier alpha value is -5.64. The zero-order chi connectivity index (χ0) is 47.5. The van der Waals surface area contributed by atoms with Crippen molar-refractivity contribution < 1.29 is 20.4 Å². The van der Waals surface area contributed by atoms with Crippen LogP contribution in [-0.4, -0.2) is 63.9 Å². The van der Waals surface area contributed by atoms with Gasteiger partial charge in [-0.05, 0) is 171 Å². The summed E-state index contributed by atoms with van der Waals surface area (Å²) in [7, 11) is 0. The van der Waals surface area contributed by atoms with Crippen LogP contribution in [-0.2, 0) is 21.7 Å². The van der Waals surface area contributed by atoms with Crippen molar-refractivity contribution in [1.29, 1.82) is 0 Å². The van der Waals surface area contributed by atoms with Gasteiger partial charge in [-0.3, -0.25) is 0 Å². The molecule has 0 amide bonds. The molecule has 352 valence electrons. The van der Waals surface area contributed by atoms with Gasteiger partial charge in [-0.25, -0.2) is 0 Å². The maximum Gasteiger partial charge on any atom is 0.115 e. The lowest BCUT2D eigenvalue weighted by atomic mass is 9.71. The number of benzene rings is 4. The number of rotatable bonds is 16. The molecule has 1 aliphatic rings. The van der Waals surface area contributed by atoms with Gasteiger partial charge in [-0.2, -0.15) is 0 Å². The second-order valence-electron chi connectivity index (χ2n) is 18.1. The summed E-state index contributed by atoms with van der Waals surface area (Å²) in [6.45, 7) is 0. The van der Waals surface area contributed by atoms with Gasteiger partial charge in [0.1, 0.15) is 23.0 Å². The highest BCUT2D eigenvalue weighted by atomic mass is 35.5. The Bertz CT molecular complexity index is 2440. The first-order valence-corrected chi connectivity index (χ1v) is 25.4. The summed E-state index contributed by atoms with van der Waals surface area (Å²) in [6.07, 6.45) is 5.09. The number of nitrogens with one attached hydrogen (secondary N) is 4. The Morgan fingerprint density at radius 2 is 0.426 bits per heavy atom. The molecule has 0 aliphatic carbocycles. The number of halogens is 4. The molecule has 0 saturated carbocycles. The number of fused-ring (bicyclic) bond motifs is 8. The van der Waals surface area contributed by atoms with E-state index in [1.54, 1.807) is 48.5 Å². The summed E-state index contributed by atoms with van der Waals surface area (Å²) in [5.41, 5.74) is 7.82. The molecule has 68 heavy (non-hydrogen) atoms. The van der Waals surface area contributed by atoms with E-state index in [1.807, 2.05) is 48.5 Å². The van der Waals surface area contributed by atoms with Gasteiger partial charge in [0.15, 0.2) is 0 Å². The van der Waals surface area contributed by atoms with Crippen molar-refractivity contribution >= 4 is 46.4 Å². The molecule has 0 atom stereocenters. The number of aromatic nitrogens is 4. The molecule has 9 rings (SSSR count). The molecule has 0 spiro atoms. The molecule has 0 radical (unpaired) electrons. The van der Waals surface area contributed by atoms with E-state index < -0.39 is 21.7 Å². The van der Waals surface area contributed by atoms with Crippen LogP contribution in [0.2, 0.25) is 0 Å². The van der Waals surface area contributed by atoms with Crippen molar-refractivity contribution in [2.45, 2.75) is 73.0 Å². The first kappa shape index (κ1) is 47.4. The number of phenols is 4. The maximum atomic E-state index is 10.7. The van der Waals surface area contributed by atoms with Gasteiger partial charge >= 0.3 is 0 Å². The highest BCUT2D eigenvalue weighted by Crippen LogP contribution is 2.52. The molecular weight excluding hydrogens is 934 g/mol. The van der Waals surface area contributed by atoms with E-state index in [-0.39, 0.29) is 23.0 Å². The fourth-order valence-corrected chi connectivity index (χ4v) is 11.9. The maximum absolute atomic E-state index is 10.7. The minimum Gasteiger partial charge on any atom is -0.508 e. The van der Waals surface area contributed by atoms with Crippen LogP contribution in [0.5, 0.6) is 23.0 Å². The first-order valence-electron chi connectivity index (χ1n) is 23.3. The number of aromatic hydroxyl groups is 4. The van der Waals surface area contributed by atoms with E-state index in [0.29, 0.717) is 74.9 Å². The predicted molar refractivity (Wildman–Crippen MR) is 275 cm³/mol. The fraction of sp³-hybridized carbons (Fsp3) is 0.286. The van der Waals surface area contributed by atoms with Crippen LogP contribution in [0.25, 0.3) is 0 Å². The molecule has 0 unspecified atom stereocenters. The lowest BCUT2D eigenvalue weighted by molar-refractivity contribution is 0.469. The molecule has 8 N–H and O–H groups in total. The van der Waals surface area contributed by atoms with E-state index in [1.165, 1.54) is 0 Å². The first-order chi connectivity index (χ1) is 33.1. The minimum atomic E-state index is -0.839. The van der Waals surface area contributed by atoms with E-state index in [0.717, 1.165) is 67.8 Å². The molecule has 12 heteroatoms. The van der Waals surface area contributed by atoms with Crippen molar-refractivity contribution in [2.24, 2.45) is 0 Å². The van der Waals surface area contributed by atoms with Crippen LogP contribution in [0, 0.1) is 0 Å². The monoisotopic (exact) mass is 988 g/mol. The van der Waals surface area contributed by atoms with Crippen molar-refractivity contribution in [3.05, 3.63) is 213 Å². The molecule has 0 saturated heterocycles. The van der Waals surface area contributed by atoms with Gasteiger partial charge in [0.25, 0.3) is 0 Å². The average Bonchev–Trinajstić information content (AvgIpc) is 4.22. The molecule has 0 fully saturated rings. The Labute approximate surface area is 417 Å². The number of hydrogen-bond donors (Lipinski definition) is 8.